The average molecular weight is 1390 g/mol. The molecule has 0 unspecified atom stereocenters. The molecule has 1 aromatic carbocycles. The number of aliphatic hydroxyl groups excluding tert-OH is 2. The predicted octanol–water partition coefficient (Wildman–Crippen LogP) is 1.99. The maximum absolute atomic E-state index is 13.7. The molecule has 9 rings (SSSR count). The number of aromatic nitrogens is 14. The molecule has 81 heavy (non-hydrogen) atoms. The molecule has 0 radical (unpaired) electrons. The maximum Gasteiger partial charge on any atom is 0.351 e. The molecule has 4 atom stereocenters. The molecule has 1 fully saturated rings. The summed E-state index contributed by atoms with van der Waals surface area (Å²) in [7, 11) is 3.82. The van der Waals surface area contributed by atoms with Crippen molar-refractivity contribution in [3.63, 3.8) is 0 Å². The molecule has 1 saturated heterocycles. The Kier molecular flexibility index (Phi) is 25.1. The fourth-order valence-electron chi connectivity index (χ4n) is 6.80. The number of aromatic amines is 4. The van der Waals surface area contributed by atoms with Crippen molar-refractivity contribution in [2.45, 2.75) is 49.8 Å². The van der Waals surface area contributed by atoms with Gasteiger partial charge in [0.1, 0.15) is 29.0 Å². The molecule has 0 aliphatic carbocycles. The van der Waals surface area contributed by atoms with Gasteiger partial charge < -0.3 is 83.2 Å². The van der Waals surface area contributed by atoms with Gasteiger partial charge in [0.25, 0.3) is 5.91 Å². The second-order valence-electron chi connectivity index (χ2n) is 16.6. The van der Waals surface area contributed by atoms with Gasteiger partial charge in [0.2, 0.25) is 18.1 Å². The SMILES string of the molecule is CN(CCCl)CCCl.CN(Cc1cnc2nc(N)nc(N)c2n1)c1ccc(C(=O)N[C@@H](CCC(=O)O)C(=O)O)cc1.Nc1ccn([C@@H]2O[C@H](CO)[C@@H](O)C2(F)F)c(=O)n1.Nc1nc(=S)c2[nH]cnc2[nH]1.S=c1nc[nH]c2nc[nH]c12.[Pt]. The summed E-state index contributed by atoms with van der Waals surface area (Å²) in [6, 6.07) is 6.31. The first-order valence-corrected chi connectivity index (χ1v) is 25.0. The second-order valence-corrected chi connectivity index (χ2v) is 18.2. The van der Waals surface area contributed by atoms with Crippen molar-refractivity contribution in [2.75, 3.05) is 73.4 Å². The van der Waals surface area contributed by atoms with E-state index >= 15 is 0 Å². The number of nitrogen functional groups attached to an aromatic ring is 4. The molecule has 17 N–H and O–H groups in total. The van der Waals surface area contributed by atoms with Gasteiger partial charge in [-0.15, -0.1) is 23.2 Å². The minimum absolute atomic E-state index is 0. The summed E-state index contributed by atoms with van der Waals surface area (Å²) in [5, 5.41) is 38.4. The number of carboxylic acids is 2. The molecule has 1 aliphatic rings. The number of aliphatic hydroxyl groups is 2. The van der Waals surface area contributed by atoms with E-state index in [0.717, 1.165) is 42.2 Å². The third-order valence-electron chi connectivity index (χ3n) is 10.9. The Morgan fingerprint density at radius 2 is 1.51 bits per heavy atom. The zero-order valence-corrected chi connectivity index (χ0v) is 47.8. The number of alkyl halides is 4. The number of anilines is 5. The molecule has 30 nitrogen and oxygen atoms in total. The summed E-state index contributed by atoms with van der Waals surface area (Å²) < 4.78 is 33.7. The van der Waals surface area contributed by atoms with Gasteiger partial charge in [-0.2, -0.15) is 23.7 Å². The second kappa shape index (κ2) is 30.9. The summed E-state index contributed by atoms with van der Waals surface area (Å²) in [5.41, 5.74) is 26.2. The Balaban J connectivity index is 0.000000244. The van der Waals surface area contributed by atoms with Crippen molar-refractivity contribution < 1.29 is 69.4 Å². The predicted molar refractivity (Wildman–Crippen MR) is 295 cm³/mol. The molecular formula is C44H53Cl2F2N21O9PtS2. The Bertz CT molecular complexity index is 3560. The minimum Gasteiger partial charge on any atom is -0.481 e. The van der Waals surface area contributed by atoms with Crippen LogP contribution in [0.3, 0.4) is 0 Å². The first kappa shape index (κ1) is 66.0. The van der Waals surface area contributed by atoms with Crippen molar-refractivity contribution in [3.05, 3.63) is 92.7 Å². The first-order valence-electron chi connectivity index (χ1n) is 23.1. The summed E-state index contributed by atoms with van der Waals surface area (Å²) in [5.74, 6) is -5.07. The maximum atomic E-state index is 13.7. The number of nitrogens with one attached hydrogen (secondary N) is 5. The first-order chi connectivity index (χ1) is 38.0. The molecule has 7 aromatic heterocycles. The minimum atomic E-state index is -3.71. The van der Waals surface area contributed by atoms with Gasteiger partial charge in [0.15, 0.2) is 43.7 Å². The number of nitrogens with zero attached hydrogens (tertiary/aromatic N) is 12. The number of benzene rings is 1. The van der Waals surface area contributed by atoms with E-state index < -0.39 is 60.5 Å². The number of H-pyrrole nitrogens is 4. The van der Waals surface area contributed by atoms with E-state index in [0.29, 0.717) is 60.2 Å². The number of ether oxygens (including phenoxy) is 1. The zero-order chi connectivity index (χ0) is 58.8. The van der Waals surface area contributed by atoms with Gasteiger partial charge in [-0.05, 0) is 43.8 Å². The fourth-order valence-corrected chi connectivity index (χ4v) is 7.84. The van der Waals surface area contributed by atoms with Gasteiger partial charge >= 0.3 is 23.6 Å². The molecular weight excluding hydrogens is 1330 g/mol. The van der Waals surface area contributed by atoms with Gasteiger partial charge in [-0.3, -0.25) is 14.2 Å². The number of amides is 1. The van der Waals surface area contributed by atoms with Crippen LogP contribution in [0.5, 0.6) is 0 Å². The summed E-state index contributed by atoms with van der Waals surface area (Å²) in [6.45, 7) is 1.43. The van der Waals surface area contributed by atoms with E-state index in [1.807, 2.05) is 19.0 Å². The van der Waals surface area contributed by atoms with Crippen LogP contribution in [-0.2, 0) is 41.9 Å². The van der Waals surface area contributed by atoms with Crippen molar-refractivity contribution in [2.24, 2.45) is 0 Å². The monoisotopic (exact) mass is 1390 g/mol. The Labute approximate surface area is 490 Å². The number of imidazole rings is 2. The van der Waals surface area contributed by atoms with Gasteiger partial charge in [0, 0.05) is 76.8 Å². The molecule has 0 bridgehead atoms. The van der Waals surface area contributed by atoms with Crippen LogP contribution in [0.4, 0.5) is 38.0 Å². The quantitative estimate of drug-likeness (QED) is 0.0515. The molecule has 37 heteroatoms. The van der Waals surface area contributed by atoms with Crippen LogP contribution in [0.15, 0.2) is 66.5 Å². The number of carboxylic acid groups (broad SMARTS) is 2. The molecule has 1 amide bonds. The van der Waals surface area contributed by atoms with Crippen molar-refractivity contribution in [1.29, 1.82) is 0 Å². The van der Waals surface area contributed by atoms with Crippen LogP contribution in [0.1, 0.15) is 35.1 Å². The molecule has 8 heterocycles. The third kappa shape index (κ3) is 18.5. The van der Waals surface area contributed by atoms with Crippen LogP contribution in [-0.4, -0.2) is 182 Å². The average Bonchev–Trinajstić information content (AvgIpc) is 4.26. The Morgan fingerprint density at radius 3 is 2.09 bits per heavy atom. The number of carbonyl (C=O) groups excluding carboxylic acids is 1. The summed E-state index contributed by atoms with van der Waals surface area (Å²) in [4.78, 5) is 96.5. The largest absolute Gasteiger partial charge is 0.481 e. The Morgan fingerprint density at radius 1 is 0.877 bits per heavy atom. The number of hydrogen-bond donors (Lipinski definition) is 13. The smallest absolute Gasteiger partial charge is 0.351 e. The topological polar surface area (TPSA) is 465 Å². The van der Waals surface area contributed by atoms with Gasteiger partial charge in [-0.25, -0.2) is 39.5 Å². The van der Waals surface area contributed by atoms with Crippen molar-refractivity contribution >= 4 is 128 Å². The van der Waals surface area contributed by atoms with Crippen LogP contribution in [0.2, 0.25) is 0 Å². The molecule has 438 valence electrons. The van der Waals surface area contributed by atoms with Crippen LogP contribution in [0, 0.1) is 9.28 Å². The molecule has 0 saturated carbocycles. The van der Waals surface area contributed by atoms with Crippen LogP contribution < -0.4 is 38.8 Å². The summed E-state index contributed by atoms with van der Waals surface area (Å²) >= 11 is 20.7. The molecule has 0 spiro atoms. The van der Waals surface area contributed by atoms with Crippen LogP contribution >= 0.6 is 47.6 Å². The van der Waals surface area contributed by atoms with E-state index in [4.69, 9.17) is 85.5 Å². The van der Waals surface area contributed by atoms with Gasteiger partial charge in [0.05, 0.1) is 44.0 Å². The summed E-state index contributed by atoms with van der Waals surface area (Å²) in [6.07, 6.45) is 0.931. The van der Waals surface area contributed by atoms with Crippen LogP contribution in [0.25, 0.3) is 33.5 Å². The number of halogens is 4. The third-order valence-corrected chi connectivity index (χ3v) is 11.8. The number of aliphatic carboxylic acids is 2. The number of nitrogens with two attached hydrogens (primary N) is 4. The Hall–Kier alpha value is -7.56. The van der Waals surface area contributed by atoms with E-state index in [1.165, 1.54) is 24.8 Å². The molecule has 8 aromatic rings. The van der Waals surface area contributed by atoms with Crippen molar-refractivity contribution in [3.8, 4) is 0 Å². The van der Waals surface area contributed by atoms with E-state index in [9.17, 15) is 38.2 Å². The van der Waals surface area contributed by atoms with Crippen molar-refractivity contribution in [1.82, 2.24) is 79.6 Å². The number of fused-ring (bicyclic) bond motifs is 3. The standard InChI is InChI=1S/C20H22N8O5.C9H11F2N3O4.C5H11Cl2N.C5H5N5S.C5H4N4S.Pt/c1-28(9-11-8-23-17-15(24-11)16(21)26-20(22)27-17)12-4-2-10(3-5-12)18(31)25-13(19(32)33)6-7-14(29)30;10-9(11)6(16)4(3-15)18-7(9)14-2-1-5(12)13-8(14)17;1-8(4-2-6)5-3-7;6-5-9-3-2(4(11)10-5)7-1-8-3;10-5-3-4(7-1-6-3)8-2-9-5;/h2-5,8,13H,6-7,9H2,1H3,(H,25,31)(H,29,30)(H,32,33)(H4,21,22,23,26,27);1-2,4,6-7,15-16H,3H2,(H2,12,13,17);2-5H2,1H3;1H,(H4,6,7,8,9,10,11);1-2H,(H2,6,7,8,9,10);/t13-;4-,6-,7-;;;;/m01..../s1. The fraction of sp³-hybridized carbons (Fsp3) is 0.341. The van der Waals surface area contributed by atoms with Gasteiger partial charge in [-0.1, -0.05) is 24.4 Å². The van der Waals surface area contributed by atoms with E-state index in [1.54, 1.807) is 24.7 Å². The zero-order valence-electron chi connectivity index (χ0n) is 42.4. The number of carbonyl (C=O) groups is 3. The number of hydrogen-bond acceptors (Lipinski definition) is 24. The number of rotatable bonds is 15. The van der Waals surface area contributed by atoms with E-state index in [-0.39, 0.29) is 63.0 Å². The molecule has 1 aliphatic heterocycles. The normalized spacial score (nSPS) is 15.3. The van der Waals surface area contributed by atoms with E-state index in [2.05, 4.69) is 75.0 Å².